The third kappa shape index (κ3) is 3.59. The van der Waals surface area contributed by atoms with Crippen molar-refractivity contribution in [3.8, 4) is 5.75 Å². The van der Waals surface area contributed by atoms with Crippen molar-refractivity contribution in [1.29, 1.82) is 0 Å². The van der Waals surface area contributed by atoms with E-state index in [2.05, 4.69) is 20.8 Å². The number of anilines is 3. The fraction of sp³-hybridized carbons (Fsp3) is 0.353. The van der Waals surface area contributed by atoms with E-state index in [0.717, 1.165) is 30.5 Å². The lowest BCUT2D eigenvalue weighted by atomic mass is 9.85. The van der Waals surface area contributed by atoms with Crippen molar-refractivity contribution in [2.24, 2.45) is 5.92 Å². The number of ether oxygens (including phenoxy) is 1. The molecule has 0 bridgehead atoms. The number of amides is 1. The first-order valence-corrected chi connectivity index (χ1v) is 8.20. The molecular formula is C17H19ClN4O2. The molecule has 6 nitrogen and oxygen atoms in total. The zero-order chi connectivity index (χ0) is 17.1. The predicted octanol–water partition coefficient (Wildman–Crippen LogP) is 3.93. The van der Waals surface area contributed by atoms with Crippen LogP contribution < -0.4 is 15.4 Å². The molecule has 1 aromatic heterocycles. The first kappa shape index (κ1) is 16.5. The number of rotatable bonds is 5. The highest BCUT2D eigenvalue weighted by Crippen LogP contribution is 2.32. The van der Waals surface area contributed by atoms with E-state index in [4.69, 9.17) is 16.3 Å². The zero-order valence-corrected chi connectivity index (χ0v) is 14.4. The van der Waals surface area contributed by atoms with E-state index in [1.807, 2.05) is 13.0 Å². The van der Waals surface area contributed by atoms with Gasteiger partial charge in [0.25, 0.3) is 0 Å². The predicted molar refractivity (Wildman–Crippen MR) is 94.0 cm³/mol. The van der Waals surface area contributed by atoms with Crippen molar-refractivity contribution in [3.63, 3.8) is 0 Å². The second-order valence-electron chi connectivity index (χ2n) is 5.85. The number of nitrogens with one attached hydrogen (secondary N) is 2. The van der Waals surface area contributed by atoms with E-state index >= 15 is 0 Å². The van der Waals surface area contributed by atoms with Gasteiger partial charge in [0.2, 0.25) is 5.91 Å². The van der Waals surface area contributed by atoms with Crippen LogP contribution in [0.1, 0.15) is 24.8 Å². The molecule has 1 amide bonds. The summed E-state index contributed by atoms with van der Waals surface area (Å²) in [6.45, 7) is 1.91. The second-order valence-corrected chi connectivity index (χ2v) is 6.25. The fourth-order valence-corrected chi connectivity index (χ4v) is 2.59. The highest BCUT2D eigenvalue weighted by atomic mass is 35.5. The smallest absolute Gasteiger partial charge is 0.228 e. The lowest BCUT2D eigenvalue weighted by molar-refractivity contribution is -0.122. The van der Waals surface area contributed by atoms with E-state index in [1.54, 1.807) is 25.3 Å². The monoisotopic (exact) mass is 346 g/mol. The maximum Gasteiger partial charge on any atom is 0.228 e. The first-order chi connectivity index (χ1) is 11.6. The third-order valence-corrected chi connectivity index (χ3v) is 4.54. The Bertz CT molecular complexity index is 745. The molecule has 0 spiro atoms. The zero-order valence-electron chi connectivity index (χ0n) is 13.6. The molecule has 1 saturated carbocycles. The van der Waals surface area contributed by atoms with Crippen LogP contribution in [-0.4, -0.2) is 23.2 Å². The normalized spacial score (nSPS) is 14.0. The molecule has 0 unspecified atom stereocenters. The number of carbonyl (C=O) groups is 1. The van der Waals surface area contributed by atoms with Gasteiger partial charge in [0.05, 0.1) is 12.8 Å². The topological polar surface area (TPSA) is 76.1 Å². The minimum atomic E-state index is 0.0197. The van der Waals surface area contributed by atoms with Gasteiger partial charge < -0.3 is 15.4 Å². The number of hydrogen-bond acceptors (Lipinski definition) is 5. The Morgan fingerprint density at radius 2 is 1.96 bits per heavy atom. The van der Waals surface area contributed by atoms with Gasteiger partial charge >= 0.3 is 0 Å². The standard InChI is InChI=1S/C17H19ClN4O2/c1-10-8-13(14(24-2)9-12(10)18)19-15-6-7-16(22-21-15)20-17(23)11-4-3-5-11/h6-9,11H,3-5H2,1-2H3,(H,19,21)(H,20,22,23). The number of halogens is 1. The maximum atomic E-state index is 11.9. The molecule has 2 N–H and O–H groups in total. The molecule has 0 atom stereocenters. The van der Waals surface area contributed by atoms with Crippen molar-refractivity contribution in [2.75, 3.05) is 17.7 Å². The molecule has 0 aliphatic heterocycles. The molecule has 24 heavy (non-hydrogen) atoms. The Hall–Kier alpha value is -2.34. The van der Waals surface area contributed by atoms with Crippen molar-refractivity contribution >= 4 is 34.8 Å². The lowest BCUT2D eigenvalue weighted by Gasteiger charge is -2.23. The molecule has 126 valence electrons. The van der Waals surface area contributed by atoms with Gasteiger partial charge in [-0.25, -0.2) is 0 Å². The van der Waals surface area contributed by atoms with Crippen LogP contribution in [0.4, 0.5) is 17.3 Å². The van der Waals surface area contributed by atoms with Crippen LogP contribution in [0.2, 0.25) is 5.02 Å². The number of hydrogen-bond donors (Lipinski definition) is 2. The molecular weight excluding hydrogens is 328 g/mol. The van der Waals surface area contributed by atoms with Crippen molar-refractivity contribution in [1.82, 2.24) is 10.2 Å². The number of benzene rings is 1. The molecule has 1 aromatic carbocycles. The van der Waals surface area contributed by atoms with Gasteiger partial charge in [-0.1, -0.05) is 18.0 Å². The van der Waals surface area contributed by atoms with E-state index in [-0.39, 0.29) is 11.8 Å². The lowest BCUT2D eigenvalue weighted by Crippen LogP contribution is -2.28. The van der Waals surface area contributed by atoms with Crippen LogP contribution in [0.5, 0.6) is 5.75 Å². The number of nitrogens with zero attached hydrogens (tertiary/aromatic N) is 2. The van der Waals surface area contributed by atoms with Gasteiger partial charge in [0.1, 0.15) is 5.75 Å². The highest BCUT2D eigenvalue weighted by Gasteiger charge is 2.25. The summed E-state index contributed by atoms with van der Waals surface area (Å²) in [5, 5.41) is 14.7. The summed E-state index contributed by atoms with van der Waals surface area (Å²) in [7, 11) is 1.58. The Labute approximate surface area is 145 Å². The summed E-state index contributed by atoms with van der Waals surface area (Å²) in [6, 6.07) is 7.11. The van der Waals surface area contributed by atoms with Crippen LogP contribution in [-0.2, 0) is 4.79 Å². The number of methoxy groups -OCH3 is 1. The van der Waals surface area contributed by atoms with E-state index in [0.29, 0.717) is 22.4 Å². The van der Waals surface area contributed by atoms with E-state index < -0.39 is 0 Å². The van der Waals surface area contributed by atoms with Crippen LogP contribution >= 0.6 is 11.6 Å². The van der Waals surface area contributed by atoms with Crippen LogP contribution in [0, 0.1) is 12.8 Å². The van der Waals surface area contributed by atoms with E-state index in [1.165, 1.54) is 0 Å². The summed E-state index contributed by atoms with van der Waals surface area (Å²) in [5.74, 6) is 1.76. The highest BCUT2D eigenvalue weighted by molar-refractivity contribution is 6.31. The summed E-state index contributed by atoms with van der Waals surface area (Å²) in [4.78, 5) is 11.9. The maximum absolute atomic E-state index is 11.9. The average Bonchev–Trinajstić information content (AvgIpc) is 2.51. The molecule has 1 heterocycles. The Morgan fingerprint density at radius 1 is 1.25 bits per heavy atom. The van der Waals surface area contributed by atoms with Crippen LogP contribution in [0.3, 0.4) is 0 Å². The second kappa shape index (κ2) is 7.05. The van der Waals surface area contributed by atoms with Crippen LogP contribution in [0.15, 0.2) is 24.3 Å². The molecule has 2 aromatic rings. The van der Waals surface area contributed by atoms with Gasteiger partial charge in [-0.3, -0.25) is 4.79 Å². The van der Waals surface area contributed by atoms with Crippen molar-refractivity contribution in [2.45, 2.75) is 26.2 Å². The van der Waals surface area contributed by atoms with E-state index in [9.17, 15) is 4.79 Å². The Balaban J connectivity index is 1.70. The summed E-state index contributed by atoms with van der Waals surface area (Å²) in [5.41, 5.74) is 1.68. The van der Waals surface area contributed by atoms with Crippen molar-refractivity contribution < 1.29 is 9.53 Å². The van der Waals surface area contributed by atoms with Crippen LogP contribution in [0.25, 0.3) is 0 Å². The molecule has 3 rings (SSSR count). The molecule has 1 aliphatic carbocycles. The molecule has 1 aliphatic rings. The number of aryl methyl sites for hydroxylation is 1. The summed E-state index contributed by atoms with van der Waals surface area (Å²) >= 11 is 6.10. The number of carbonyl (C=O) groups excluding carboxylic acids is 1. The largest absolute Gasteiger partial charge is 0.495 e. The van der Waals surface area contributed by atoms with Gasteiger partial charge in [-0.2, -0.15) is 0 Å². The van der Waals surface area contributed by atoms with Gasteiger partial charge in [0.15, 0.2) is 11.6 Å². The Morgan fingerprint density at radius 3 is 2.54 bits per heavy atom. The molecule has 7 heteroatoms. The van der Waals surface area contributed by atoms with Gasteiger partial charge in [-0.05, 0) is 43.5 Å². The molecule has 0 radical (unpaired) electrons. The quantitative estimate of drug-likeness (QED) is 0.857. The molecule has 1 fully saturated rings. The summed E-state index contributed by atoms with van der Waals surface area (Å²) < 4.78 is 5.32. The average molecular weight is 347 g/mol. The molecule has 0 saturated heterocycles. The van der Waals surface area contributed by atoms with Gasteiger partial charge in [-0.15, -0.1) is 10.2 Å². The SMILES string of the molecule is COc1cc(Cl)c(C)cc1Nc1ccc(NC(=O)C2CCC2)nn1. The third-order valence-electron chi connectivity index (χ3n) is 4.14. The first-order valence-electron chi connectivity index (χ1n) is 7.82. The summed E-state index contributed by atoms with van der Waals surface area (Å²) in [6.07, 6.45) is 3.03. The fourth-order valence-electron chi connectivity index (χ4n) is 2.43. The minimum absolute atomic E-state index is 0.0197. The van der Waals surface area contributed by atoms with Crippen molar-refractivity contribution in [3.05, 3.63) is 34.9 Å². The Kier molecular flexibility index (Phi) is 4.85. The number of aromatic nitrogens is 2. The minimum Gasteiger partial charge on any atom is -0.495 e. The van der Waals surface area contributed by atoms with Gasteiger partial charge in [0, 0.05) is 17.0 Å².